The van der Waals surface area contributed by atoms with Gasteiger partial charge in [0, 0.05) is 53.8 Å². The van der Waals surface area contributed by atoms with Gasteiger partial charge in [0.25, 0.3) is 0 Å². The number of fused-ring (bicyclic) bond motifs is 3. The van der Waals surface area contributed by atoms with Crippen LogP contribution in [0.15, 0.2) is 24.3 Å². The van der Waals surface area contributed by atoms with Crippen molar-refractivity contribution < 1.29 is 19.1 Å². The van der Waals surface area contributed by atoms with E-state index in [4.69, 9.17) is 14.6 Å². The molecule has 3 aromatic rings. The predicted octanol–water partition coefficient (Wildman–Crippen LogP) is 4.28. The Labute approximate surface area is 199 Å². The molecule has 0 bridgehead atoms. The summed E-state index contributed by atoms with van der Waals surface area (Å²) in [5.41, 5.74) is 3.32. The zero-order valence-electron chi connectivity index (χ0n) is 20.1. The van der Waals surface area contributed by atoms with Crippen molar-refractivity contribution in [2.24, 2.45) is 0 Å². The van der Waals surface area contributed by atoms with Crippen LogP contribution in [0.25, 0.3) is 16.3 Å². The lowest BCUT2D eigenvalue weighted by molar-refractivity contribution is 0.132. The summed E-state index contributed by atoms with van der Waals surface area (Å²) >= 11 is 0. The Bertz CT molecular complexity index is 1180. The fourth-order valence-corrected chi connectivity index (χ4v) is 4.57. The summed E-state index contributed by atoms with van der Waals surface area (Å²) in [4.78, 5) is 26.5. The maximum atomic E-state index is 12.1. The summed E-state index contributed by atoms with van der Waals surface area (Å²) < 4.78 is 12.9. The van der Waals surface area contributed by atoms with Crippen molar-refractivity contribution >= 4 is 34.3 Å². The highest BCUT2D eigenvalue weighted by molar-refractivity contribution is 6.03. The molecule has 2 N–H and O–H groups in total. The van der Waals surface area contributed by atoms with Gasteiger partial charge >= 0.3 is 12.2 Å². The molecule has 1 saturated heterocycles. The second-order valence-electron chi connectivity index (χ2n) is 8.43. The second kappa shape index (κ2) is 10.6. The molecule has 1 aliphatic heterocycles. The number of benzene rings is 1. The Balaban J connectivity index is 1.85. The van der Waals surface area contributed by atoms with Gasteiger partial charge in [-0.3, -0.25) is 0 Å². The molecule has 0 saturated carbocycles. The summed E-state index contributed by atoms with van der Waals surface area (Å²) in [5, 5.41) is 12.5. The number of anilines is 1. The van der Waals surface area contributed by atoms with E-state index in [1.165, 1.54) is 6.42 Å². The third-order valence-corrected chi connectivity index (χ3v) is 6.23. The van der Waals surface area contributed by atoms with Gasteiger partial charge in [-0.2, -0.15) is 0 Å². The Morgan fingerprint density at radius 1 is 0.912 bits per heavy atom. The van der Waals surface area contributed by atoms with Gasteiger partial charge in [0.15, 0.2) is 5.82 Å². The lowest BCUT2D eigenvalue weighted by Gasteiger charge is -2.29. The smallest absolute Gasteiger partial charge is 0.407 e. The van der Waals surface area contributed by atoms with Crippen molar-refractivity contribution in [3.63, 3.8) is 0 Å². The minimum Gasteiger partial charge on any atom is -0.445 e. The SMILES string of the molecule is CCNC(=O)OCc1c(COC(=O)NCC)c2c3ccccc3c(N3CCCCC3)nn2c1C. The molecule has 34 heavy (non-hydrogen) atoms. The molecule has 9 heteroatoms. The number of piperidine rings is 1. The van der Waals surface area contributed by atoms with E-state index in [0.717, 1.165) is 64.9 Å². The molecule has 1 aliphatic rings. The second-order valence-corrected chi connectivity index (χ2v) is 8.43. The van der Waals surface area contributed by atoms with Gasteiger partial charge in [0.05, 0.1) is 5.52 Å². The highest BCUT2D eigenvalue weighted by Crippen LogP contribution is 2.35. The first-order valence-electron chi connectivity index (χ1n) is 12.0. The van der Waals surface area contributed by atoms with Gasteiger partial charge in [-0.1, -0.05) is 24.3 Å². The van der Waals surface area contributed by atoms with E-state index in [9.17, 15) is 9.59 Å². The molecule has 0 aliphatic carbocycles. The highest BCUT2D eigenvalue weighted by atomic mass is 16.6. The molecule has 182 valence electrons. The normalized spacial score (nSPS) is 13.8. The first-order chi connectivity index (χ1) is 16.5. The van der Waals surface area contributed by atoms with Crippen molar-refractivity contribution in [3.05, 3.63) is 41.1 Å². The number of alkyl carbamates (subject to hydrolysis) is 2. The fraction of sp³-hybridized carbons (Fsp3) is 0.480. The van der Waals surface area contributed by atoms with E-state index in [-0.39, 0.29) is 13.2 Å². The molecule has 0 spiro atoms. The Hall–Kier alpha value is -3.49. The molecule has 9 nitrogen and oxygen atoms in total. The number of aromatic nitrogens is 2. The molecule has 4 rings (SSSR count). The maximum Gasteiger partial charge on any atom is 0.407 e. The van der Waals surface area contributed by atoms with Crippen LogP contribution in [0.1, 0.15) is 49.9 Å². The van der Waals surface area contributed by atoms with Gasteiger partial charge in [-0.05, 0) is 40.0 Å². The van der Waals surface area contributed by atoms with Crippen LogP contribution in [-0.2, 0) is 22.7 Å². The quantitative estimate of drug-likeness (QED) is 0.538. The van der Waals surface area contributed by atoms with E-state index in [1.54, 1.807) is 0 Å². The Kier molecular flexibility index (Phi) is 7.40. The van der Waals surface area contributed by atoms with E-state index < -0.39 is 12.2 Å². The molecule has 1 fully saturated rings. The van der Waals surface area contributed by atoms with Gasteiger partial charge in [-0.25, -0.2) is 14.1 Å². The van der Waals surface area contributed by atoms with Gasteiger partial charge < -0.3 is 25.0 Å². The summed E-state index contributed by atoms with van der Waals surface area (Å²) in [6.07, 6.45) is 2.56. The lowest BCUT2D eigenvalue weighted by Crippen LogP contribution is -2.30. The number of carbonyl (C=O) groups is 2. The lowest BCUT2D eigenvalue weighted by atomic mass is 10.1. The summed E-state index contributed by atoms with van der Waals surface area (Å²) in [5.74, 6) is 0.952. The van der Waals surface area contributed by atoms with E-state index in [2.05, 4.69) is 27.7 Å². The molecular formula is C25H33N5O4. The van der Waals surface area contributed by atoms with E-state index >= 15 is 0 Å². The minimum atomic E-state index is -0.489. The van der Waals surface area contributed by atoms with Crippen molar-refractivity contribution in [2.75, 3.05) is 31.1 Å². The van der Waals surface area contributed by atoms with E-state index in [1.807, 2.05) is 37.4 Å². The van der Waals surface area contributed by atoms with Gasteiger partial charge in [0.2, 0.25) is 0 Å². The number of aryl methyl sites for hydroxylation is 1. The first kappa shape index (κ1) is 23.7. The third-order valence-electron chi connectivity index (χ3n) is 6.23. The van der Waals surface area contributed by atoms with Crippen molar-refractivity contribution in [3.8, 4) is 0 Å². The summed E-state index contributed by atoms with van der Waals surface area (Å²) in [6.45, 7) is 8.65. The molecule has 0 atom stereocenters. The Morgan fingerprint density at radius 3 is 2.12 bits per heavy atom. The molecule has 2 aromatic heterocycles. The standard InChI is InChI=1S/C25H33N5O4/c1-4-26-24(31)33-15-20-17(3)30-22(21(20)16-34-25(32)27-5-2)18-11-7-8-12-19(18)23(28-30)29-13-9-6-10-14-29/h7-8,11-12H,4-6,9-10,13-16H2,1-3H3,(H,26,31)(H,27,32). The van der Waals surface area contributed by atoms with Crippen LogP contribution in [0, 0.1) is 6.92 Å². The Morgan fingerprint density at radius 2 is 1.50 bits per heavy atom. The van der Waals surface area contributed by atoms with Crippen molar-refractivity contribution in [1.29, 1.82) is 0 Å². The van der Waals surface area contributed by atoms with Gasteiger partial charge in [-0.15, -0.1) is 5.10 Å². The van der Waals surface area contributed by atoms with Crippen LogP contribution < -0.4 is 15.5 Å². The van der Waals surface area contributed by atoms with Crippen LogP contribution in [0.4, 0.5) is 15.4 Å². The molecule has 0 radical (unpaired) electrons. The molecule has 1 aromatic carbocycles. The number of hydrogen-bond donors (Lipinski definition) is 2. The largest absolute Gasteiger partial charge is 0.445 e. The van der Waals surface area contributed by atoms with Crippen molar-refractivity contribution in [2.45, 2.75) is 53.2 Å². The molecule has 3 heterocycles. The van der Waals surface area contributed by atoms with Crippen LogP contribution >= 0.6 is 0 Å². The monoisotopic (exact) mass is 467 g/mol. The summed E-state index contributed by atoms with van der Waals surface area (Å²) in [6, 6.07) is 8.19. The van der Waals surface area contributed by atoms with Crippen LogP contribution in [0.2, 0.25) is 0 Å². The average Bonchev–Trinajstić information content (AvgIpc) is 3.12. The van der Waals surface area contributed by atoms with Gasteiger partial charge in [0.1, 0.15) is 13.2 Å². The minimum absolute atomic E-state index is 0.0476. The number of hydrogen-bond acceptors (Lipinski definition) is 6. The predicted molar refractivity (Wildman–Crippen MR) is 131 cm³/mol. The number of amides is 2. The van der Waals surface area contributed by atoms with Crippen LogP contribution in [0.5, 0.6) is 0 Å². The number of rotatable bonds is 7. The number of ether oxygens (including phenoxy) is 2. The third kappa shape index (κ3) is 4.73. The zero-order valence-corrected chi connectivity index (χ0v) is 20.1. The van der Waals surface area contributed by atoms with Crippen LogP contribution in [0.3, 0.4) is 0 Å². The molecule has 2 amide bonds. The average molecular weight is 468 g/mol. The topological polar surface area (TPSA) is 97.2 Å². The van der Waals surface area contributed by atoms with Crippen molar-refractivity contribution in [1.82, 2.24) is 20.2 Å². The fourth-order valence-electron chi connectivity index (χ4n) is 4.57. The number of nitrogens with one attached hydrogen (secondary N) is 2. The zero-order chi connectivity index (χ0) is 24.1. The maximum absolute atomic E-state index is 12.1. The first-order valence-corrected chi connectivity index (χ1v) is 12.0. The number of nitrogens with zero attached hydrogens (tertiary/aromatic N) is 3. The molecular weight excluding hydrogens is 434 g/mol. The van der Waals surface area contributed by atoms with E-state index in [0.29, 0.717) is 13.1 Å². The summed E-state index contributed by atoms with van der Waals surface area (Å²) in [7, 11) is 0. The molecule has 0 unspecified atom stereocenters. The van der Waals surface area contributed by atoms with Crippen LogP contribution in [-0.4, -0.2) is 48.0 Å². The number of carbonyl (C=O) groups excluding carboxylic acids is 2. The highest BCUT2D eigenvalue weighted by Gasteiger charge is 2.24.